The summed E-state index contributed by atoms with van der Waals surface area (Å²) in [4.78, 5) is 33.1. The van der Waals surface area contributed by atoms with Crippen molar-refractivity contribution in [1.29, 1.82) is 0 Å². The number of fused-ring (bicyclic) bond motifs is 1. The molecule has 0 spiro atoms. The van der Waals surface area contributed by atoms with Crippen LogP contribution in [-0.4, -0.2) is 51.3 Å². The van der Waals surface area contributed by atoms with E-state index in [4.69, 9.17) is 31.5 Å². The molecule has 0 saturated carbocycles. The van der Waals surface area contributed by atoms with Gasteiger partial charge in [0.2, 0.25) is 5.91 Å². The number of amides is 1. The van der Waals surface area contributed by atoms with Crippen LogP contribution in [0.2, 0.25) is 0 Å². The van der Waals surface area contributed by atoms with Crippen molar-refractivity contribution < 1.29 is 56.6 Å². The van der Waals surface area contributed by atoms with Gasteiger partial charge in [-0.1, -0.05) is 73.9 Å². The van der Waals surface area contributed by atoms with Crippen molar-refractivity contribution in [2.75, 3.05) is 26.1 Å². The first-order chi connectivity index (χ1) is 32.7. The van der Waals surface area contributed by atoms with Gasteiger partial charge in [-0.25, -0.2) is 4.39 Å². The van der Waals surface area contributed by atoms with Gasteiger partial charge in [-0.15, -0.1) is 0 Å². The fraction of sp³-hybridized carbons (Fsp3) is 0.378. The minimum Gasteiger partial charge on any atom is -0.336 e. The normalized spacial score (nSPS) is 24.7. The number of benzene rings is 3. The molecule has 0 aliphatic heterocycles. The van der Waals surface area contributed by atoms with Gasteiger partial charge in [-0.3, -0.25) is 9.59 Å². The molecule has 5 rings (SSSR count). The van der Waals surface area contributed by atoms with E-state index in [-0.39, 0.29) is 9.47 Å². The first kappa shape index (κ1) is 15.3. The second kappa shape index (κ2) is 15.5. The smallest absolute Gasteiger partial charge is 0.336 e. The monoisotopic (exact) mass is 705 g/mol. The number of nitrogens with zero attached hydrogens (tertiary/aromatic N) is 4. The molecule has 1 amide bonds. The average Bonchev–Trinajstić information content (AvgIpc) is 3.33. The predicted octanol–water partition coefficient (Wildman–Crippen LogP) is 7.53. The van der Waals surface area contributed by atoms with Gasteiger partial charge in [0.05, 0.1) is 23.4 Å². The second-order valence-corrected chi connectivity index (χ2v) is 10.3. The van der Waals surface area contributed by atoms with Crippen LogP contribution in [0, 0.1) is 12.7 Å². The minimum absolute atomic E-state index is 0.255. The lowest BCUT2D eigenvalue weighted by Gasteiger charge is -2.28. The topological polar surface area (TPSA) is 58.4 Å². The van der Waals surface area contributed by atoms with Crippen LogP contribution in [0.5, 0.6) is 0 Å². The summed E-state index contributed by atoms with van der Waals surface area (Å²) in [6, 6.07) is -14.3. The minimum atomic E-state index is -5.26. The number of carbonyl (C=O) groups is 1. The molecule has 0 fully saturated rings. The van der Waals surface area contributed by atoms with Gasteiger partial charge in [0.25, 0.3) is 5.56 Å². The number of alkyl halides is 3. The summed E-state index contributed by atoms with van der Waals surface area (Å²) >= 11 is -0.532. The highest BCUT2D eigenvalue weighted by molar-refractivity contribution is 7.98. The molecule has 0 bridgehead atoms. The zero-order valence-corrected chi connectivity index (χ0v) is 26.0. The van der Waals surface area contributed by atoms with Crippen molar-refractivity contribution in [2.45, 2.75) is 70.0 Å². The van der Waals surface area contributed by atoms with Crippen molar-refractivity contribution >= 4 is 17.7 Å². The Kier molecular flexibility index (Phi) is 4.94. The molecular formula is C37H40F4N4O2S. The van der Waals surface area contributed by atoms with E-state index >= 15 is 4.79 Å². The molecule has 0 N–H and O–H groups in total. The predicted molar refractivity (Wildman–Crippen MR) is 181 cm³/mol. The number of likely N-dealkylation sites (N-methyl/N-ethyl adjacent to an activating group) is 1. The number of halogens is 4. The Morgan fingerprint density at radius 2 is 1.67 bits per heavy atom. The summed E-state index contributed by atoms with van der Waals surface area (Å²) in [5.41, 5.74) is -15.4. The van der Waals surface area contributed by atoms with Crippen LogP contribution >= 0.6 is 11.8 Å². The number of carbonyl (C=O) groups excluding carboxylic acids is 1. The van der Waals surface area contributed by atoms with E-state index in [1.165, 1.54) is 0 Å². The van der Waals surface area contributed by atoms with E-state index in [0.29, 0.717) is 4.90 Å². The Morgan fingerprint density at radius 3 is 2.33 bits per heavy atom. The van der Waals surface area contributed by atoms with E-state index < -0.39 is 215 Å². The summed E-state index contributed by atoms with van der Waals surface area (Å²) in [5.74, 6) is -3.83. The van der Waals surface area contributed by atoms with Crippen LogP contribution in [0.4, 0.5) is 17.6 Å². The van der Waals surface area contributed by atoms with Gasteiger partial charge in [-0.05, 0) is 85.0 Å². The highest BCUT2D eigenvalue weighted by atomic mass is 32.2. The number of rotatable bonds is 13. The van der Waals surface area contributed by atoms with Crippen LogP contribution in [0.25, 0.3) is 11.1 Å². The Morgan fingerprint density at radius 1 is 1.00 bits per heavy atom. The molecule has 6 nitrogen and oxygen atoms in total. The van der Waals surface area contributed by atoms with Gasteiger partial charge in [0.15, 0.2) is 5.16 Å². The molecule has 11 heteroatoms. The van der Waals surface area contributed by atoms with Crippen molar-refractivity contribution in [1.82, 2.24) is 19.4 Å². The number of hydrogen-bond donors (Lipinski definition) is 0. The van der Waals surface area contributed by atoms with E-state index in [0.717, 1.165) is 20.8 Å². The largest absolute Gasteiger partial charge is 0.416 e. The first-order valence-electron chi connectivity index (χ1n) is 26.2. The van der Waals surface area contributed by atoms with Gasteiger partial charge in [0, 0.05) is 53.0 Å². The maximum atomic E-state index is 15.2. The molecule has 0 unspecified atom stereocenters. The lowest BCUT2D eigenvalue weighted by Crippen LogP contribution is -2.40. The Labute approximate surface area is 317 Å². The summed E-state index contributed by atoms with van der Waals surface area (Å²) in [5, 5.41) is -1.49. The Bertz CT molecular complexity index is 2930. The second-order valence-electron chi connectivity index (χ2n) is 9.57. The molecule has 1 aliphatic carbocycles. The van der Waals surface area contributed by atoms with Crippen LogP contribution in [-0.2, 0) is 42.5 Å². The van der Waals surface area contributed by atoms with E-state index in [2.05, 4.69) is 4.98 Å². The molecule has 48 heavy (non-hydrogen) atoms. The molecular weight excluding hydrogens is 640 g/mol. The van der Waals surface area contributed by atoms with Gasteiger partial charge >= 0.3 is 6.18 Å². The lowest BCUT2D eigenvalue weighted by molar-refractivity contribution is -0.138. The average molecular weight is 706 g/mol. The maximum absolute atomic E-state index is 15.2. The molecule has 0 radical (unpaired) electrons. The molecule has 0 atom stereocenters. The standard InChI is InChI=1S/C37H40F4N4O2S/c1-4-43(5-2)19-20-44(22-26-9-13-28(14-10-26)29-15-18-32(25(3)21-29)37(39,40)41)34(46)23-45-33-8-6-7-31(33)35(47)42-36(45)48-24-27-11-16-30(38)17-12-27/h9-18,21H,4-8,19-20,22-24H2,1-3H3/i4D2,5D2,6D2,7D2,8D2,9D,10D,11D,12D,13D,14D,15D,16D,17D,18D,21D,23D2,24D2. The fourth-order valence-corrected chi connectivity index (χ4v) is 4.77. The van der Waals surface area contributed by atoms with Crippen molar-refractivity contribution in [3.63, 3.8) is 0 Å². The van der Waals surface area contributed by atoms with Crippen molar-refractivity contribution in [3.8, 4) is 11.1 Å². The summed E-state index contributed by atoms with van der Waals surface area (Å²) in [6.07, 6.45) is -16.8. The molecule has 4 aromatic rings. The van der Waals surface area contributed by atoms with E-state index in [1.807, 2.05) is 0 Å². The molecule has 1 aliphatic rings. The van der Waals surface area contributed by atoms with Crippen LogP contribution in [0.3, 0.4) is 0 Å². The molecule has 1 heterocycles. The van der Waals surface area contributed by atoms with Crippen molar-refractivity contribution in [3.05, 3.63) is 116 Å². The van der Waals surface area contributed by atoms with Crippen LogP contribution in [0.1, 0.15) is 88.0 Å². The van der Waals surface area contributed by atoms with Crippen LogP contribution in [0.15, 0.2) is 76.4 Å². The Hall–Kier alpha value is -3.96. The van der Waals surface area contributed by atoms with E-state index in [9.17, 15) is 25.1 Å². The molecule has 3 aromatic carbocycles. The summed E-state index contributed by atoms with van der Waals surface area (Å²) in [7, 11) is 0. The summed E-state index contributed by atoms with van der Waals surface area (Å²) in [6.45, 7) is -10.4. The number of aromatic nitrogens is 2. The zero-order valence-electron chi connectivity index (χ0n) is 50.1. The third-order valence-corrected chi connectivity index (χ3v) is 7.22. The lowest BCUT2D eigenvalue weighted by atomic mass is 9.98. The number of hydrogen-bond acceptors (Lipinski definition) is 5. The highest BCUT2D eigenvalue weighted by Crippen LogP contribution is 2.34. The zero-order chi connectivity index (χ0) is 56.5. The SMILES string of the molecule is [2H]c1c([2H])c(C([2H])([2H])Sc2nc(=O)c3c(n2C([2H])([2H])C(=O)N(CCN(C([2H])([2H])C)C([2H])([2H])C)Cc2c([2H])c([2H])c(-c4c([2H])c([2H])c(C(F)(F)F)c(C)c4[2H])c([2H])c2[2H])C([2H])([2H])C([2H])([2H])C3([2H])[2H])c([2H])c([2H])c1F. The molecule has 254 valence electrons. The third kappa shape index (κ3) is 8.54. The third-order valence-electron chi connectivity index (χ3n) is 6.46. The first-order valence-corrected chi connectivity index (χ1v) is 14.5. The molecule has 0 saturated heterocycles. The quantitative estimate of drug-likeness (QED) is 0.0819. The highest BCUT2D eigenvalue weighted by Gasteiger charge is 2.32. The number of thioether (sulfide) groups is 1. The molecule has 1 aromatic heterocycles. The fourth-order valence-electron chi connectivity index (χ4n) is 4.12. The van der Waals surface area contributed by atoms with Gasteiger partial charge in [0.1, 0.15) is 12.3 Å². The van der Waals surface area contributed by atoms with Crippen LogP contribution < -0.4 is 5.56 Å². The maximum Gasteiger partial charge on any atom is 0.416 e. The summed E-state index contributed by atoms with van der Waals surface area (Å²) < 4.78 is 270. The van der Waals surface area contributed by atoms with E-state index in [1.54, 1.807) is 0 Å². The van der Waals surface area contributed by atoms with Gasteiger partial charge in [-0.2, -0.15) is 18.2 Å². The van der Waals surface area contributed by atoms with Gasteiger partial charge < -0.3 is 14.4 Å². The van der Waals surface area contributed by atoms with Crippen molar-refractivity contribution in [2.24, 2.45) is 0 Å². The Balaban J connectivity index is 1.85.